The fraction of sp³-hybridized carbons (Fsp3) is 0.286. The van der Waals surface area contributed by atoms with Crippen molar-refractivity contribution in [1.82, 2.24) is 14.5 Å². The Labute approximate surface area is 152 Å². The minimum absolute atomic E-state index is 0.740. The van der Waals surface area contributed by atoms with Crippen LogP contribution in [0.3, 0.4) is 0 Å². The van der Waals surface area contributed by atoms with E-state index in [9.17, 15) is 0 Å². The first kappa shape index (κ1) is 15.5. The van der Waals surface area contributed by atoms with Crippen LogP contribution >= 0.6 is 0 Å². The molecular formula is C21H22N4O. The second-order valence-electron chi connectivity index (χ2n) is 7.17. The Kier molecular flexibility index (Phi) is 3.50. The molecule has 132 valence electrons. The van der Waals surface area contributed by atoms with Crippen molar-refractivity contribution >= 4 is 28.0 Å². The van der Waals surface area contributed by atoms with Crippen LogP contribution in [0.15, 0.2) is 53.1 Å². The van der Waals surface area contributed by atoms with E-state index < -0.39 is 0 Å². The Morgan fingerprint density at radius 3 is 2.50 bits per heavy atom. The monoisotopic (exact) mass is 346 g/mol. The van der Waals surface area contributed by atoms with Crippen LogP contribution in [0.2, 0.25) is 0 Å². The van der Waals surface area contributed by atoms with Gasteiger partial charge in [-0.1, -0.05) is 12.1 Å². The SMILES string of the molecule is CN1CCN(c2nc3cc(-c4ccc5c(ccn5C)c4)ccc3o2)CC1. The summed E-state index contributed by atoms with van der Waals surface area (Å²) in [5.41, 5.74) is 5.39. The molecule has 5 heteroatoms. The molecule has 5 nitrogen and oxygen atoms in total. The largest absolute Gasteiger partial charge is 0.423 e. The molecule has 0 amide bonds. The molecule has 0 bridgehead atoms. The lowest BCUT2D eigenvalue weighted by molar-refractivity contribution is 0.305. The fourth-order valence-electron chi connectivity index (χ4n) is 3.69. The summed E-state index contributed by atoms with van der Waals surface area (Å²) in [5.74, 6) is 0. The van der Waals surface area contributed by atoms with Crippen molar-refractivity contribution in [2.24, 2.45) is 7.05 Å². The van der Waals surface area contributed by atoms with E-state index >= 15 is 0 Å². The highest BCUT2D eigenvalue weighted by molar-refractivity contribution is 5.88. The smallest absolute Gasteiger partial charge is 0.298 e. The first-order valence-electron chi connectivity index (χ1n) is 9.07. The average Bonchev–Trinajstić information content (AvgIpc) is 3.25. The summed E-state index contributed by atoms with van der Waals surface area (Å²) in [6, 6.07) is 15.7. The van der Waals surface area contributed by atoms with Crippen LogP contribution in [-0.2, 0) is 7.05 Å². The van der Waals surface area contributed by atoms with Gasteiger partial charge in [0.2, 0.25) is 0 Å². The summed E-state index contributed by atoms with van der Waals surface area (Å²) in [4.78, 5) is 9.31. The van der Waals surface area contributed by atoms with E-state index in [-0.39, 0.29) is 0 Å². The van der Waals surface area contributed by atoms with E-state index in [2.05, 4.69) is 71.1 Å². The molecule has 0 aliphatic carbocycles. The summed E-state index contributed by atoms with van der Waals surface area (Å²) >= 11 is 0. The third-order valence-electron chi connectivity index (χ3n) is 5.37. The van der Waals surface area contributed by atoms with Crippen molar-refractivity contribution in [3.63, 3.8) is 0 Å². The maximum Gasteiger partial charge on any atom is 0.298 e. The molecule has 0 atom stereocenters. The predicted molar refractivity (Wildman–Crippen MR) is 106 cm³/mol. The van der Waals surface area contributed by atoms with Crippen molar-refractivity contribution in [2.45, 2.75) is 0 Å². The quantitative estimate of drug-likeness (QED) is 0.554. The number of rotatable bonds is 2. The van der Waals surface area contributed by atoms with Gasteiger partial charge in [0.1, 0.15) is 5.52 Å². The predicted octanol–water partition coefficient (Wildman–Crippen LogP) is 3.74. The molecule has 3 heterocycles. The number of aromatic nitrogens is 2. The van der Waals surface area contributed by atoms with Gasteiger partial charge >= 0.3 is 0 Å². The standard InChI is InChI=1S/C21H22N4O/c1-23-9-11-25(12-10-23)21-22-18-14-16(4-6-20(18)26-21)15-3-5-19-17(13-15)7-8-24(19)2/h3-8,13-14H,9-12H2,1-2H3. The Morgan fingerprint density at radius 2 is 1.65 bits per heavy atom. The maximum absolute atomic E-state index is 6.00. The molecule has 0 N–H and O–H groups in total. The Balaban J connectivity index is 1.50. The molecular weight excluding hydrogens is 324 g/mol. The molecule has 1 aliphatic heterocycles. The summed E-state index contributed by atoms with van der Waals surface area (Å²) < 4.78 is 8.14. The average molecular weight is 346 g/mol. The van der Waals surface area contributed by atoms with Crippen molar-refractivity contribution < 1.29 is 4.42 Å². The van der Waals surface area contributed by atoms with Crippen LogP contribution in [0.1, 0.15) is 0 Å². The number of anilines is 1. The second kappa shape index (κ2) is 5.88. The van der Waals surface area contributed by atoms with Gasteiger partial charge in [-0.2, -0.15) is 4.98 Å². The Morgan fingerprint density at radius 1 is 0.885 bits per heavy atom. The van der Waals surface area contributed by atoms with E-state index in [1.165, 1.54) is 22.0 Å². The minimum Gasteiger partial charge on any atom is -0.423 e. The summed E-state index contributed by atoms with van der Waals surface area (Å²) in [5, 5.41) is 1.25. The number of fused-ring (bicyclic) bond motifs is 2. The van der Waals surface area contributed by atoms with E-state index in [1.807, 2.05) is 6.07 Å². The fourth-order valence-corrected chi connectivity index (χ4v) is 3.69. The zero-order valence-electron chi connectivity index (χ0n) is 15.1. The molecule has 0 spiro atoms. The summed E-state index contributed by atoms with van der Waals surface area (Å²) in [6.45, 7) is 4.00. The van der Waals surface area contributed by atoms with Crippen LogP contribution in [0.25, 0.3) is 33.1 Å². The number of nitrogens with zero attached hydrogens (tertiary/aromatic N) is 4. The maximum atomic E-state index is 6.00. The number of piperazine rings is 1. The topological polar surface area (TPSA) is 37.4 Å². The first-order valence-corrected chi connectivity index (χ1v) is 9.07. The van der Waals surface area contributed by atoms with Gasteiger partial charge in [-0.3, -0.25) is 0 Å². The highest BCUT2D eigenvalue weighted by Gasteiger charge is 2.19. The molecule has 1 saturated heterocycles. The number of benzene rings is 2. The third-order valence-corrected chi connectivity index (χ3v) is 5.37. The van der Waals surface area contributed by atoms with Gasteiger partial charge in [0, 0.05) is 50.3 Å². The first-order chi connectivity index (χ1) is 12.7. The molecule has 2 aromatic heterocycles. The van der Waals surface area contributed by atoms with Crippen LogP contribution in [0.4, 0.5) is 6.01 Å². The van der Waals surface area contributed by atoms with E-state index in [4.69, 9.17) is 9.40 Å². The van der Waals surface area contributed by atoms with E-state index in [0.29, 0.717) is 0 Å². The molecule has 26 heavy (non-hydrogen) atoms. The van der Waals surface area contributed by atoms with Crippen molar-refractivity contribution in [2.75, 3.05) is 38.1 Å². The second-order valence-corrected chi connectivity index (χ2v) is 7.17. The van der Waals surface area contributed by atoms with Gasteiger partial charge in [0.25, 0.3) is 6.01 Å². The zero-order valence-corrected chi connectivity index (χ0v) is 15.1. The van der Waals surface area contributed by atoms with Gasteiger partial charge in [0.05, 0.1) is 0 Å². The van der Waals surface area contributed by atoms with Crippen LogP contribution in [0.5, 0.6) is 0 Å². The van der Waals surface area contributed by atoms with Crippen molar-refractivity contribution in [1.29, 1.82) is 0 Å². The van der Waals surface area contributed by atoms with E-state index in [0.717, 1.165) is 43.3 Å². The van der Waals surface area contributed by atoms with Crippen LogP contribution < -0.4 is 4.90 Å². The minimum atomic E-state index is 0.740. The number of hydrogen-bond acceptors (Lipinski definition) is 4. The normalized spacial score (nSPS) is 16.0. The number of aryl methyl sites for hydroxylation is 1. The molecule has 1 aliphatic rings. The van der Waals surface area contributed by atoms with Gasteiger partial charge in [-0.15, -0.1) is 0 Å². The van der Waals surface area contributed by atoms with Crippen LogP contribution in [-0.4, -0.2) is 47.7 Å². The Hall–Kier alpha value is -2.79. The molecule has 4 aromatic rings. The molecule has 0 unspecified atom stereocenters. The number of likely N-dealkylation sites (N-methyl/N-ethyl adjacent to an activating group) is 1. The summed E-state index contributed by atoms with van der Waals surface area (Å²) in [7, 11) is 4.22. The zero-order chi connectivity index (χ0) is 17.7. The van der Waals surface area contributed by atoms with Gasteiger partial charge < -0.3 is 18.8 Å². The Bertz CT molecular complexity index is 1090. The van der Waals surface area contributed by atoms with Gasteiger partial charge in [-0.25, -0.2) is 0 Å². The van der Waals surface area contributed by atoms with Crippen LogP contribution in [0, 0.1) is 0 Å². The van der Waals surface area contributed by atoms with Crippen molar-refractivity contribution in [3.8, 4) is 11.1 Å². The van der Waals surface area contributed by atoms with E-state index in [1.54, 1.807) is 0 Å². The molecule has 0 saturated carbocycles. The summed E-state index contributed by atoms with van der Waals surface area (Å²) in [6.07, 6.45) is 2.09. The molecule has 1 fully saturated rings. The van der Waals surface area contributed by atoms with Gasteiger partial charge in [0.15, 0.2) is 5.58 Å². The number of hydrogen-bond donors (Lipinski definition) is 0. The van der Waals surface area contributed by atoms with Gasteiger partial charge in [-0.05, 0) is 48.5 Å². The number of oxazole rings is 1. The lowest BCUT2D eigenvalue weighted by Crippen LogP contribution is -2.44. The van der Waals surface area contributed by atoms with Crippen molar-refractivity contribution in [3.05, 3.63) is 48.7 Å². The highest BCUT2D eigenvalue weighted by Crippen LogP contribution is 2.29. The molecule has 2 aromatic carbocycles. The highest BCUT2D eigenvalue weighted by atomic mass is 16.4. The molecule has 0 radical (unpaired) electrons. The third kappa shape index (κ3) is 2.56. The lowest BCUT2D eigenvalue weighted by atomic mass is 10.0. The lowest BCUT2D eigenvalue weighted by Gasteiger charge is -2.31. The molecule has 5 rings (SSSR count).